The van der Waals surface area contributed by atoms with Gasteiger partial charge >= 0.3 is 0 Å². The molecule has 1 fully saturated rings. The Bertz CT molecular complexity index is 898. The van der Waals surface area contributed by atoms with E-state index in [1.807, 2.05) is 41.1 Å². The van der Waals surface area contributed by atoms with Crippen LogP contribution in [0.1, 0.15) is 43.5 Å². The SMILES string of the molecule is Cc1ccccc1-n1nnnc1C1(Nc2cccc(Cl)c2)CCCCC1. The summed E-state index contributed by atoms with van der Waals surface area (Å²) in [5.74, 6) is 0.867. The topological polar surface area (TPSA) is 55.6 Å². The molecule has 1 saturated carbocycles. The van der Waals surface area contributed by atoms with E-state index in [9.17, 15) is 0 Å². The molecular weight excluding hydrogens is 346 g/mol. The Morgan fingerprint density at radius 2 is 1.85 bits per heavy atom. The summed E-state index contributed by atoms with van der Waals surface area (Å²) in [6, 6.07) is 16.0. The van der Waals surface area contributed by atoms with Crippen molar-refractivity contribution >= 4 is 17.3 Å². The molecule has 1 N–H and O–H groups in total. The number of aryl methyl sites for hydroxylation is 1. The number of hydrogen-bond donors (Lipinski definition) is 1. The number of halogens is 1. The van der Waals surface area contributed by atoms with Crippen molar-refractivity contribution in [2.45, 2.75) is 44.6 Å². The van der Waals surface area contributed by atoms with E-state index in [2.05, 4.69) is 39.9 Å². The molecule has 134 valence electrons. The lowest BCUT2D eigenvalue weighted by atomic mass is 9.80. The van der Waals surface area contributed by atoms with Crippen LogP contribution in [0.3, 0.4) is 0 Å². The van der Waals surface area contributed by atoms with Crippen LogP contribution in [0.4, 0.5) is 5.69 Å². The second-order valence-electron chi connectivity index (χ2n) is 6.98. The Labute approximate surface area is 158 Å². The van der Waals surface area contributed by atoms with Crippen molar-refractivity contribution in [1.82, 2.24) is 20.2 Å². The van der Waals surface area contributed by atoms with Gasteiger partial charge in [0.25, 0.3) is 0 Å². The number of hydrogen-bond acceptors (Lipinski definition) is 4. The van der Waals surface area contributed by atoms with E-state index < -0.39 is 0 Å². The molecule has 2 aromatic carbocycles. The Balaban J connectivity index is 1.79. The molecule has 0 saturated heterocycles. The second-order valence-corrected chi connectivity index (χ2v) is 7.42. The van der Waals surface area contributed by atoms with Crippen LogP contribution in [0.5, 0.6) is 0 Å². The summed E-state index contributed by atoms with van der Waals surface area (Å²) in [5, 5.41) is 17.2. The van der Waals surface area contributed by atoms with Crippen LogP contribution in [-0.2, 0) is 5.54 Å². The lowest BCUT2D eigenvalue weighted by molar-refractivity contribution is 0.309. The van der Waals surface area contributed by atoms with Gasteiger partial charge in [0.1, 0.15) is 0 Å². The molecule has 0 spiro atoms. The monoisotopic (exact) mass is 367 g/mol. The first-order valence-corrected chi connectivity index (χ1v) is 9.44. The number of benzene rings is 2. The maximum atomic E-state index is 6.20. The highest BCUT2D eigenvalue weighted by molar-refractivity contribution is 6.30. The summed E-state index contributed by atoms with van der Waals surface area (Å²) in [7, 11) is 0. The minimum atomic E-state index is -0.297. The first-order chi connectivity index (χ1) is 12.7. The zero-order valence-corrected chi connectivity index (χ0v) is 15.6. The molecule has 0 aliphatic heterocycles. The van der Waals surface area contributed by atoms with Crippen LogP contribution in [0.2, 0.25) is 5.02 Å². The lowest BCUT2D eigenvalue weighted by Gasteiger charge is -2.37. The average Bonchev–Trinajstić information content (AvgIpc) is 3.13. The highest BCUT2D eigenvalue weighted by atomic mass is 35.5. The highest BCUT2D eigenvalue weighted by Crippen LogP contribution is 2.40. The molecule has 0 radical (unpaired) electrons. The van der Waals surface area contributed by atoms with Crippen molar-refractivity contribution < 1.29 is 0 Å². The van der Waals surface area contributed by atoms with E-state index in [0.29, 0.717) is 0 Å². The minimum absolute atomic E-state index is 0.297. The molecule has 1 aromatic heterocycles. The number of tetrazole rings is 1. The second kappa shape index (κ2) is 7.08. The fraction of sp³-hybridized carbons (Fsp3) is 0.350. The van der Waals surface area contributed by atoms with Crippen LogP contribution in [-0.4, -0.2) is 20.2 Å². The van der Waals surface area contributed by atoms with Crippen LogP contribution in [0, 0.1) is 6.92 Å². The molecule has 0 bridgehead atoms. The smallest absolute Gasteiger partial charge is 0.181 e. The van der Waals surface area contributed by atoms with Crippen molar-refractivity contribution in [3.05, 3.63) is 64.9 Å². The number of anilines is 1. The average molecular weight is 368 g/mol. The van der Waals surface area contributed by atoms with E-state index in [4.69, 9.17) is 11.6 Å². The van der Waals surface area contributed by atoms with Crippen LogP contribution in [0.25, 0.3) is 5.69 Å². The fourth-order valence-electron chi connectivity index (χ4n) is 3.85. The molecule has 0 unspecified atom stereocenters. The maximum Gasteiger partial charge on any atom is 0.181 e. The van der Waals surface area contributed by atoms with E-state index >= 15 is 0 Å². The predicted molar refractivity (Wildman–Crippen MR) is 104 cm³/mol. The molecule has 4 rings (SSSR count). The summed E-state index contributed by atoms with van der Waals surface area (Å²) >= 11 is 6.20. The van der Waals surface area contributed by atoms with Crippen LogP contribution < -0.4 is 5.32 Å². The fourth-order valence-corrected chi connectivity index (χ4v) is 4.04. The molecule has 1 aliphatic rings. The molecule has 1 aliphatic carbocycles. The zero-order chi connectivity index (χ0) is 18.0. The number of para-hydroxylation sites is 1. The molecule has 3 aromatic rings. The van der Waals surface area contributed by atoms with Crippen LogP contribution in [0.15, 0.2) is 48.5 Å². The predicted octanol–water partition coefficient (Wildman–Crippen LogP) is 4.90. The van der Waals surface area contributed by atoms with Crippen LogP contribution >= 0.6 is 11.6 Å². The molecular formula is C20H22ClN5. The van der Waals surface area contributed by atoms with E-state index in [1.165, 1.54) is 6.42 Å². The van der Waals surface area contributed by atoms with Gasteiger partial charge in [0.15, 0.2) is 5.82 Å². The van der Waals surface area contributed by atoms with Crippen molar-refractivity contribution in [1.29, 1.82) is 0 Å². The Hall–Kier alpha value is -2.40. The first kappa shape index (κ1) is 17.0. The summed E-state index contributed by atoms with van der Waals surface area (Å²) in [6.07, 6.45) is 5.52. The van der Waals surface area contributed by atoms with Crippen molar-refractivity contribution in [2.24, 2.45) is 0 Å². The standard InChI is InChI=1S/C20H22ClN5/c1-15-8-3-4-11-18(15)26-19(23-24-25-26)20(12-5-2-6-13-20)22-17-10-7-9-16(21)14-17/h3-4,7-11,14,22H,2,5-6,12-13H2,1H3. The van der Waals surface area contributed by atoms with Crippen molar-refractivity contribution in [3.63, 3.8) is 0 Å². The zero-order valence-electron chi connectivity index (χ0n) is 14.8. The number of nitrogens with one attached hydrogen (secondary N) is 1. The lowest BCUT2D eigenvalue weighted by Crippen LogP contribution is -2.40. The van der Waals surface area contributed by atoms with Gasteiger partial charge in [-0.1, -0.05) is 55.1 Å². The first-order valence-electron chi connectivity index (χ1n) is 9.07. The molecule has 0 atom stereocenters. The maximum absolute atomic E-state index is 6.20. The van der Waals surface area contributed by atoms with Gasteiger partial charge in [-0.05, 0) is 60.0 Å². The molecule has 0 amide bonds. The van der Waals surface area contributed by atoms with Crippen molar-refractivity contribution in [2.75, 3.05) is 5.32 Å². The van der Waals surface area contributed by atoms with Gasteiger partial charge in [0.2, 0.25) is 0 Å². The highest BCUT2D eigenvalue weighted by Gasteiger charge is 2.39. The number of nitrogens with zero attached hydrogens (tertiary/aromatic N) is 4. The van der Waals surface area contributed by atoms with E-state index in [-0.39, 0.29) is 5.54 Å². The number of aromatic nitrogens is 4. The van der Waals surface area contributed by atoms with Gasteiger partial charge < -0.3 is 5.32 Å². The Morgan fingerprint density at radius 3 is 2.62 bits per heavy atom. The normalized spacial score (nSPS) is 16.4. The third-order valence-corrected chi connectivity index (χ3v) is 5.39. The van der Waals surface area contributed by atoms with Crippen molar-refractivity contribution in [3.8, 4) is 5.69 Å². The Kier molecular flexibility index (Phi) is 4.64. The van der Waals surface area contributed by atoms with Gasteiger partial charge in [-0.2, -0.15) is 4.68 Å². The quantitative estimate of drug-likeness (QED) is 0.712. The molecule has 5 nitrogen and oxygen atoms in total. The summed E-state index contributed by atoms with van der Waals surface area (Å²) < 4.78 is 1.89. The molecule has 26 heavy (non-hydrogen) atoms. The summed E-state index contributed by atoms with van der Waals surface area (Å²) in [6.45, 7) is 2.08. The van der Waals surface area contributed by atoms with Gasteiger partial charge in [-0.15, -0.1) is 5.10 Å². The third-order valence-electron chi connectivity index (χ3n) is 5.16. The minimum Gasteiger partial charge on any atom is -0.373 e. The van der Waals surface area contributed by atoms with E-state index in [1.54, 1.807) is 0 Å². The van der Waals surface area contributed by atoms with E-state index in [0.717, 1.165) is 53.5 Å². The number of rotatable bonds is 4. The van der Waals surface area contributed by atoms with Gasteiger partial charge in [-0.3, -0.25) is 0 Å². The van der Waals surface area contributed by atoms with Gasteiger partial charge in [0, 0.05) is 10.7 Å². The molecule has 1 heterocycles. The molecule has 6 heteroatoms. The van der Waals surface area contributed by atoms with Gasteiger partial charge in [0.05, 0.1) is 11.2 Å². The largest absolute Gasteiger partial charge is 0.373 e. The summed E-state index contributed by atoms with van der Waals surface area (Å²) in [5.41, 5.74) is 2.87. The third kappa shape index (κ3) is 3.19. The van der Waals surface area contributed by atoms with Gasteiger partial charge in [-0.25, -0.2) is 0 Å². The summed E-state index contributed by atoms with van der Waals surface area (Å²) in [4.78, 5) is 0. The Morgan fingerprint density at radius 1 is 1.04 bits per heavy atom.